The van der Waals surface area contributed by atoms with Crippen LogP contribution in [0.3, 0.4) is 0 Å². The van der Waals surface area contributed by atoms with Crippen molar-refractivity contribution in [3.05, 3.63) is 29.3 Å². The first-order valence-corrected chi connectivity index (χ1v) is 9.52. The molecular weight excluding hydrogens is 324 g/mol. The molecule has 5 heteroatoms. The van der Waals surface area contributed by atoms with Crippen LogP contribution in [0, 0.1) is 5.92 Å². The molecule has 1 aromatic rings. The van der Waals surface area contributed by atoms with Crippen LogP contribution in [0.5, 0.6) is 0 Å². The largest absolute Gasteiger partial charge is 0.389 e. The molecule has 1 aromatic carbocycles. The third-order valence-corrected chi connectivity index (χ3v) is 5.54. The number of hydrogen-bond donors (Lipinski definition) is 1. The molecule has 1 aliphatic heterocycles. The highest BCUT2D eigenvalue weighted by Crippen LogP contribution is 2.27. The minimum absolute atomic E-state index is 0.347. The molecule has 1 aliphatic carbocycles. The van der Waals surface area contributed by atoms with Gasteiger partial charge in [-0.2, -0.15) is 0 Å². The van der Waals surface area contributed by atoms with Crippen molar-refractivity contribution in [3.8, 4) is 0 Å². The van der Waals surface area contributed by atoms with E-state index >= 15 is 0 Å². The van der Waals surface area contributed by atoms with Gasteiger partial charge in [0.15, 0.2) is 0 Å². The Balaban J connectivity index is 1.38. The van der Waals surface area contributed by atoms with Gasteiger partial charge in [-0.3, -0.25) is 4.90 Å². The first-order valence-electron chi connectivity index (χ1n) is 9.14. The van der Waals surface area contributed by atoms with Gasteiger partial charge in [0.05, 0.1) is 18.8 Å². The summed E-state index contributed by atoms with van der Waals surface area (Å²) in [6.07, 6.45) is 3.61. The van der Waals surface area contributed by atoms with Crippen LogP contribution in [0.25, 0.3) is 0 Å². The van der Waals surface area contributed by atoms with E-state index < -0.39 is 6.10 Å². The molecule has 24 heavy (non-hydrogen) atoms. The summed E-state index contributed by atoms with van der Waals surface area (Å²) >= 11 is 6.08. The summed E-state index contributed by atoms with van der Waals surface area (Å²) in [5, 5.41) is 11.1. The highest BCUT2D eigenvalue weighted by atomic mass is 35.5. The normalized spacial score (nSPS) is 26.7. The maximum Gasteiger partial charge on any atom is 0.0900 e. The summed E-state index contributed by atoms with van der Waals surface area (Å²) in [7, 11) is 0. The molecule has 2 aliphatic rings. The van der Waals surface area contributed by atoms with E-state index in [1.807, 2.05) is 18.2 Å². The van der Waals surface area contributed by atoms with Crippen molar-refractivity contribution in [1.82, 2.24) is 4.90 Å². The number of rotatable bonds is 6. The van der Waals surface area contributed by atoms with Crippen LogP contribution in [0.4, 0.5) is 5.69 Å². The fourth-order valence-electron chi connectivity index (χ4n) is 3.81. The molecule has 0 amide bonds. The lowest BCUT2D eigenvalue weighted by Gasteiger charge is -2.37. The van der Waals surface area contributed by atoms with Crippen molar-refractivity contribution in [3.63, 3.8) is 0 Å². The lowest BCUT2D eigenvalue weighted by atomic mass is 10.1. The van der Waals surface area contributed by atoms with Gasteiger partial charge in [-0.1, -0.05) is 31.0 Å². The Bertz CT molecular complexity index is 520. The highest BCUT2D eigenvalue weighted by molar-refractivity contribution is 6.30. The second kappa shape index (κ2) is 8.52. The molecule has 0 aromatic heterocycles. The number of halogens is 1. The van der Waals surface area contributed by atoms with Gasteiger partial charge < -0.3 is 14.7 Å². The Hall–Kier alpha value is -0.810. The summed E-state index contributed by atoms with van der Waals surface area (Å²) in [5.74, 6) is 0.637. The van der Waals surface area contributed by atoms with E-state index in [-0.39, 0.29) is 0 Å². The number of hydrogen-bond acceptors (Lipinski definition) is 4. The van der Waals surface area contributed by atoms with Crippen molar-refractivity contribution in [2.24, 2.45) is 5.92 Å². The fraction of sp³-hybridized carbons (Fsp3) is 0.684. The van der Waals surface area contributed by atoms with Crippen molar-refractivity contribution in [1.29, 1.82) is 0 Å². The standard InChI is InChI=1S/C19H29ClN2O2/c1-15-4-2-7-19(15)24-14-18(23)13-21-8-10-22(11-9-21)17-6-3-5-16(20)12-17/h3,5-6,12,15,18-19,23H,2,4,7-11,13-14H2,1H3/t15-,18+,19-/m0/s1. The molecule has 0 unspecified atom stereocenters. The maximum atomic E-state index is 10.3. The van der Waals surface area contributed by atoms with E-state index in [4.69, 9.17) is 16.3 Å². The number of piperazine rings is 1. The third kappa shape index (κ3) is 4.85. The zero-order chi connectivity index (χ0) is 16.9. The van der Waals surface area contributed by atoms with Gasteiger partial charge in [0.2, 0.25) is 0 Å². The molecule has 0 radical (unpaired) electrons. The topological polar surface area (TPSA) is 35.9 Å². The first kappa shape index (κ1) is 18.0. The maximum absolute atomic E-state index is 10.3. The monoisotopic (exact) mass is 352 g/mol. The SMILES string of the molecule is C[C@H]1CCC[C@@H]1OC[C@H](O)CN1CCN(c2cccc(Cl)c2)CC1. The minimum Gasteiger partial charge on any atom is -0.389 e. The van der Waals surface area contributed by atoms with E-state index in [1.165, 1.54) is 18.5 Å². The zero-order valence-corrected chi connectivity index (χ0v) is 15.3. The Labute approximate surface area is 150 Å². The molecule has 1 saturated heterocycles. The van der Waals surface area contributed by atoms with Gasteiger partial charge in [-0.25, -0.2) is 0 Å². The van der Waals surface area contributed by atoms with E-state index in [2.05, 4.69) is 22.8 Å². The average molecular weight is 353 g/mol. The molecule has 134 valence electrons. The fourth-order valence-corrected chi connectivity index (χ4v) is 3.99. The summed E-state index contributed by atoms with van der Waals surface area (Å²) in [4.78, 5) is 4.68. The lowest BCUT2D eigenvalue weighted by molar-refractivity contribution is -0.0321. The molecule has 1 N–H and O–H groups in total. The van der Waals surface area contributed by atoms with Crippen molar-refractivity contribution < 1.29 is 9.84 Å². The second-order valence-electron chi connectivity index (χ2n) is 7.20. The van der Waals surface area contributed by atoms with E-state index in [0.29, 0.717) is 25.2 Å². The van der Waals surface area contributed by atoms with Crippen LogP contribution in [0.1, 0.15) is 26.2 Å². The lowest BCUT2D eigenvalue weighted by Crippen LogP contribution is -2.49. The van der Waals surface area contributed by atoms with E-state index in [1.54, 1.807) is 0 Å². The van der Waals surface area contributed by atoms with Crippen LogP contribution in [0.15, 0.2) is 24.3 Å². The number of aliphatic hydroxyl groups is 1. The highest BCUT2D eigenvalue weighted by Gasteiger charge is 2.25. The molecule has 4 nitrogen and oxygen atoms in total. The molecule has 1 heterocycles. The van der Waals surface area contributed by atoms with Crippen molar-refractivity contribution in [2.45, 2.75) is 38.4 Å². The van der Waals surface area contributed by atoms with Gasteiger partial charge in [0.1, 0.15) is 0 Å². The predicted octanol–water partition coefficient (Wildman–Crippen LogP) is 3.03. The summed E-state index contributed by atoms with van der Waals surface area (Å²) in [5.41, 5.74) is 1.18. The Morgan fingerprint density at radius 1 is 1.25 bits per heavy atom. The van der Waals surface area contributed by atoms with Crippen LogP contribution in [-0.2, 0) is 4.74 Å². The number of nitrogens with zero attached hydrogens (tertiary/aromatic N) is 2. The Morgan fingerprint density at radius 2 is 2.04 bits per heavy atom. The Morgan fingerprint density at radius 3 is 2.71 bits per heavy atom. The number of ether oxygens (including phenoxy) is 1. The average Bonchev–Trinajstić information content (AvgIpc) is 2.99. The first-order chi connectivity index (χ1) is 11.6. The predicted molar refractivity (Wildman–Crippen MR) is 98.9 cm³/mol. The van der Waals surface area contributed by atoms with Crippen molar-refractivity contribution >= 4 is 17.3 Å². The van der Waals surface area contributed by atoms with Crippen LogP contribution in [-0.4, -0.2) is 61.5 Å². The van der Waals surface area contributed by atoms with Gasteiger partial charge >= 0.3 is 0 Å². The molecule has 3 atom stereocenters. The van der Waals surface area contributed by atoms with Crippen LogP contribution < -0.4 is 4.90 Å². The molecular formula is C19H29ClN2O2. The smallest absolute Gasteiger partial charge is 0.0900 e. The quantitative estimate of drug-likeness (QED) is 0.853. The number of aliphatic hydroxyl groups excluding tert-OH is 1. The molecule has 0 bridgehead atoms. The molecule has 0 spiro atoms. The molecule has 1 saturated carbocycles. The van der Waals surface area contributed by atoms with E-state index in [0.717, 1.165) is 37.6 Å². The van der Waals surface area contributed by atoms with Gasteiger partial charge in [-0.05, 0) is 37.0 Å². The van der Waals surface area contributed by atoms with Gasteiger partial charge in [0.25, 0.3) is 0 Å². The third-order valence-electron chi connectivity index (χ3n) is 5.30. The molecule has 2 fully saturated rings. The van der Waals surface area contributed by atoms with Crippen LogP contribution in [0.2, 0.25) is 5.02 Å². The van der Waals surface area contributed by atoms with Crippen LogP contribution >= 0.6 is 11.6 Å². The number of β-amino-alcohol motifs (C(OH)–C–C–N with tert-alkyl or cyclic N) is 1. The van der Waals surface area contributed by atoms with Crippen molar-refractivity contribution in [2.75, 3.05) is 44.2 Å². The zero-order valence-electron chi connectivity index (χ0n) is 14.5. The van der Waals surface area contributed by atoms with Gasteiger partial charge in [0, 0.05) is 43.4 Å². The van der Waals surface area contributed by atoms with Gasteiger partial charge in [-0.15, -0.1) is 0 Å². The summed E-state index contributed by atoms with van der Waals surface area (Å²) in [6.45, 7) is 7.26. The Kier molecular flexibility index (Phi) is 6.39. The molecule has 3 rings (SSSR count). The number of anilines is 1. The summed E-state index contributed by atoms with van der Waals surface area (Å²) < 4.78 is 5.92. The number of benzene rings is 1. The second-order valence-corrected chi connectivity index (χ2v) is 7.64. The summed E-state index contributed by atoms with van der Waals surface area (Å²) in [6, 6.07) is 8.02. The van der Waals surface area contributed by atoms with E-state index in [9.17, 15) is 5.11 Å². The minimum atomic E-state index is -0.393.